The molecule has 17 heavy (non-hydrogen) atoms. The van der Waals surface area contributed by atoms with E-state index in [1.165, 1.54) is 0 Å². The molecular formula is C13H20N2OS. The molecule has 0 spiro atoms. The van der Waals surface area contributed by atoms with Gasteiger partial charge in [0.15, 0.2) is 0 Å². The molecule has 0 radical (unpaired) electrons. The molecule has 1 aromatic rings. The zero-order chi connectivity index (χ0) is 12.8. The second-order valence-electron chi connectivity index (χ2n) is 4.22. The Morgan fingerprint density at radius 3 is 2.76 bits per heavy atom. The summed E-state index contributed by atoms with van der Waals surface area (Å²) in [6.07, 6.45) is 0. The fraction of sp³-hybridized carbons (Fsp3) is 0.462. The van der Waals surface area contributed by atoms with Crippen molar-refractivity contribution in [1.29, 1.82) is 0 Å². The van der Waals surface area contributed by atoms with Gasteiger partial charge >= 0.3 is 0 Å². The van der Waals surface area contributed by atoms with Crippen molar-refractivity contribution < 1.29 is 4.79 Å². The molecule has 0 fully saturated rings. The quantitative estimate of drug-likeness (QED) is 0.792. The van der Waals surface area contributed by atoms with Gasteiger partial charge < -0.3 is 11.1 Å². The van der Waals surface area contributed by atoms with Gasteiger partial charge in [-0.25, -0.2) is 0 Å². The highest BCUT2D eigenvalue weighted by Gasteiger charge is 2.17. The number of hydrogen-bond donors (Lipinski definition) is 2. The molecule has 4 heteroatoms. The SMILES string of the molecule is CCSc1cccc(NC(=O)[C@@H](N)C(C)C)c1. The lowest BCUT2D eigenvalue weighted by Crippen LogP contribution is -2.39. The average molecular weight is 252 g/mol. The molecule has 0 aliphatic heterocycles. The molecule has 94 valence electrons. The van der Waals surface area contributed by atoms with E-state index in [0.717, 1.165) is 16.3 Å². The number of carbonyl (C=O) groups is 1. The van der Waals surface area contributed by atoms with Crippen molar-refractivity contribution in [3.63, 3.8) is 0 Å². The summed E-state index contributed by atoms with van der Waals surface area (Å²) in [4.78, 5) is 12.9. The van der Waals surface area contributed by atoms with Gasteiger partial charge in [-0.1, -0.05) is 26.8 Å². The smallest absolute Gasteiger partial charge is 0.241 e. The Kier molecular flexibility index (Phi) is 5.51. The van der Waals surface area contributed by atoms with Crippen LogP contribution < -0.4 is 11.1 Å². The Morgan fingerprint density at radius 1 is 1.47 bits per heavy atom. The monoisotopic (exact) mass is 252 g/mol. The Morgan fingerprint density at radius 2 is 2.18 bits per heavy atom. The molecule has 0 saturated carbocycles. The predicted octanol–water partition coefficient (Wildman–Crippen LogP) is 2.72. The second kappa shape index (κ2) is 6.67. The minimum absolute atomic E-state index is 0.126. The van der Waals surface area contributed by atoms with E-state index in [1.807, 2.05) is 38.1 Å². The van der Waals surface area contributed by atoms with Crippen LogP contribution in [0.2, 0.25) is 0 Å². The Hall–Kier alpha value is -1.00. The van der Waals surface area contributed by atoms with Gasteiger partial charge in [0.2, 0.25) is 5.91 Å². The maximum absolute atomic E-state index is 11.8. The van der Waals surface area contributed by atoms with E-state index in [0.29, 0.717) is 0 Å². The molecule has 1 atom stereocenters. The minimum Gasteiger partial charge on any atom is -0.325 e. The Bertz CT molecular complexity index is 379. The average Bonchev–Trinajstić information content (AvgIpc) is 2.28. The van der Waals surface area contributed by atoms with Crippen LogP contribution in [0.25, 0.3) is 0 Å². The molecule has 1 amide bonds. The summed E-state index contributed by atoms with van der Waals surface area (Å²) in [7, 11) is 0. The van der Waals surface area contributed by atoms with Crippen molar-refractivity contribution in [2.45, 2.75) is 31.7 Å². The van der Waals surface area contributed by atoms with Gasteiger partial charge in [-0.15, -0.1) is 11.8 Å². The molecule has 0 unspecified atom stereocenters. The minimum atomic E-state index is -0.461. The summed E-state index contributed by atoms with van der Waals surface area (Å²) in [6, 6.07) is 7.36. The molecule has 1 rings (SSSR count). The van der Waals surface area contributed by atoms with Crippen LogP contribution in [0.4, 0.5) is 5.69 Å². The van der Waals surface area contributed by atoms with E-state index in [9.17, 15) is 4.79 Å². The van der Waals surface area contributed by atoms with Crippen LogP contribution in [0.3, 0.4) is 0 Å². The summed E-state index contributed by atoms with van der Waals surface area (Å²) in [5.41, 5.74) is 6.60. The molecule has 0 aliphatic carbocycles. The van der Waals surface area contributed by atoms with Crippen LogP contribution in [0.5, 0.6) is 0 Å². The highest BCUT2D eigenvalue weighted by Crippen LogP contribution is 2.21. The van der Waals surface area contributed by atoms with E-state index in [-0.39, 0.29) is 11.8 Å². The molecule has 0 bridgehead atoms. The van der Waals surface area contributed by atoms with E-state index in [2.05, 4.69) is 12.2 Å². The third kappa shape index (κ3) is 4.40. The van der Waals surface area contributed by atoms with Gasteiger partial charge in [-0.3, -0.25) is 4.79 Å². The number of rotatable bonds is 5. The predicted molar refractivity (Wildman–Crippen MR) is 74.3 cm³/mol. The summed E-state index contributed by atoms with van der Waals surface area (Å²) >= 11 is 1.75. The zero-order valence-electron chi connectivity index (χ0n) is 10.6. The summed E-state index contributed by atoms with van der Waals surface area (Å²) in [5, 5.41) is 2.84. The third-order valence-electron chi connectivity index (χ3n) is 2.43. The van der Waals surface area contributed by atoms with Crippen molar-refractivity contribution in [1.82, 2.24) is 0 Å². The number of amides is 1. The van der Waals surface area contributed by atoms with E-state index < -0.39 is 6.04 Å². The van der Waals surface area contributed by atoms with Crippen molar-refractivity contribution in [3.8, 4) is 0 Å². The van der Waals surface area contributed by atoms with Gasteiger partial charge in [0, 0.05) is 10.6 Å². The van der Waals surface area contributed by atoms with Gasteiger partial charge in [0.25, 0.3) is 0 Å². The highest BCUT2D eigenvalue weighted by atomic mass is 32.2. The molecular weight excluding hydrogens is 232 g/mol. The van der Waals surface area contributed by atoms with Gasteiger partial charge in [0.1, 0.15) is 0 Å². The molecule has 0 heterocycles. The molecule has 0 saturated heterocycles. The Labute approximate surface area is 107 Å². The first kappa shape index (κ1) is 14.1. The topological polar surface area (TPSA) is 55.1 Å². The first-order chi connectivity index (χ1) is 8.04. The van der Waals surface area contributed by atoms with Crippen LogP contribution in [0.15, 0.2) is 29.2 Å². The zero-order valence-corrected chi connectivity index (χ0v) is 11.4. The molecule has 3 nitrogen and oxygen atoms in total. The van der Waals surface area contributed by atoms with E-state index in [1.54, 1.807) is 11.8 Å². The van der Waals surface area contributed by atoms with Gasteiger partial charge in [-0.05, 0) is 29.9 Å². The third-order valence-corrected chi connectivity index (χ3v) is 3.31. The Balaban J connectivity index is 2.68. The first-order valence-corrected chi connectivity index (χ1v) is 6.82. The molecule has 0 aliphatic rings. The summed E-state index contributed by atoms with van der Waals surface area (Å²) in [6.45, 7) is 5.98. The second-order valence-corrected chi connectivity index (χ2v) is 5.56. The standard InChI is InChI=1S/C13H20N2OS/c1-4-17-11-7-5-6-10(8-11)15-13(16)12(14)9(2)3/h5-9,12H,4,14H2,1-3H3,(H,15,16)/t12-/m0/s1. The first-order valence-electron chi connectivity index (χ1n) is 5.84. The largest absolute Gasteiger partial charge is 0.325 e. The van der Waals surface area contributed by atoms with Crippen LogP contribution in [0, 0.1) is 5.92 Å². The number of nitrogens with one attached hydrogen (secondary N) is 1. The van der Waals surface area contributed by atoms with Crippen LogP contribution >= 0.6 is 11.8 Å². The number of thioether (sulfide) groups is 1. The fourth-order valence-electron chi connectivity index (χ4n) is 1.36. The maximum atomic E-state index is 11.8. The lowest BCUT2D eigenvalue weighted by Gasteiger charge is -2.15. The lowest BCUT2D eigenvalue weighted by molar-refractivity contribution is -0.118. The number of benzene rings is 1. The number of carbonyl (C=O) groups excluding carboxylic acids is 1. The van der Waals surface area contributed by atoms with Crippen molar-refractivity contribution >= 4 is 23.4 Å². The number of nitrogens with two attached hydrogens (primary N) is 1. The van der Waals surface area contributed by atoms with E-state index in [4.69, 9.17) is 5.73 Å². The van der Waals surface area contributed by atoms with Gasteiger partial charge in [0.05, 0.1) is 6.04 Å². The molecule has 1 aromatic carbocycles. The summed E-state index contributed by atoms with van der Waals surface area (Å²) < 4.78 is 0. The van der Waals surface area contributed by atoms with Crippen LogP contribution in [-0.4, -0.2) is 17.7 Å². The number of anilines is 1. The lowest BCUT2D eigenvalue weighted by atomic mass is 10.1. The molecule has 0 aromatic heterocycles. The summed E-state index contributed by atoms with van der Waals surface area (Å²) in [5.74, 6) is 1.03. The maximum Gasteiger partial charge on any atom is 0.241 e. The van der Waals surface area contributed by atoms with Crippen LogP contribution in [-0.2, 0) is 4.79 Å². The van der Waals surface area contributed by atoms with Crippen molar-refractivity contribution in [2.75, 3.05) is 11.1 Å². The van der Waals surface area contributed by atoms with Crippen molar-refractivity contribution in [3.05, 3.63) is 24.3 Å². The highest BCUT2D eigenvalue weighted by molar-refractivity contribution is 7.99. The van der Waals surface area contributed by atoms with Crippen molar-refractivity contribution in [2.24, 2.45) is 11.7 Å². The molecule has 3 N–H and O–H groups in total. The van der Waals surface area contributed by atoms with E-state index >= 15 is 0 Å². The number of hydrogen-bond acceptors (Lipinski definition) is 3. The van der Waals surface area contributed by atoms with Gasteiger partial charge in [-0.2, -0.15) is 0 Å². The fourth-order valence-corrected chi connectivity index (χ4v) is 2.08. The normalized spacial score (nSPS) is 12.5. The van der Waals surface area contributed by atoms with Crippen LogP contribution in [0.1, 0.15) is 20.8 Å².